The molecule has 1 atom stereocenters. The Morgan fingerprint density at radius 2 is 2.04 bits per heavy atom. The number of rotatable bonds is 3. The molecule has 8 nitrogen and oxygen atoms in total. The zero-order valence-corrected chi connectivity index (χ0v) is 12.5. The number of tetrazole rings is 1. The Labute approximate surface area is 137 Å². The number of benzene rings is 2. The molecule has 0 saturated heterocycles. The van der Waals surface area contributed by atoms with Crippen LogP contribution < -0.4 is 14.8 Å². The number of amides is 1. The zero-order valence-electron chi connectivity index (χ0n) is 12.5. The molecule has 120 valence electrons. The second-order valence-corrected chi connectivity index (χ2v) is 5.16. The maximum absolute atomic E-state index is 12.4. The average molecular weight is 323 g/mol. The van der Waals surface area contributed by atoms with E-state index in [1.165, 1.54) is 11.0 Å². The first-order chi connectivity index (χ1) is 11.8. The predicted molar refractivity (Wildman–Crippen MR) is 84.1 cm³/mol. The molecular formula is C16H13N5O3. The molecule has 0 saturated carbocycles. The van der Waals surface area contributed by atoms with Crippen LogP contribution in [0.5, 0.6) is 11.5 Å². The Morgan fingerprint density at radius 3 is 2.88 bits per heavy atom. The van der Waals surface area contributed by atoms with Crippen molar-refractivity contribution in [1.29, 1.82) is 0 Å². The summed E-state index contributed by atoms with van der Waals surface area (Å²) in [4.78, 5) is 12.4. The molecule has 1 aromatic heterocycles. The molecule has 8 heteroatoms. The van der Waals surface area contributed by atoms with Gasteiger partial charge < -0.3 is 14.8 Å². The lowest BCUT2D eigenvalue weighted by atomic mass is 10.2. The first-order valence-electron chi connectivity index (χ1n) is 7.32. The fraction of sp³-hybridized carbons (Fsp3) is 0.125. The summed E-state index contributed by atoms with van der Waals surface area (Å²) in [5.41, 5.74) is 1.36. The van der Waals surface area contributed by atoms with E-state index in [-0.39, 0.29) is 12.5 Å². The van der Waals surface area contributed by atoms with Crippen molar-refractivity contribution in [3.63, 3.8) is 0 Å². The van der Waals surface area contributed by atoms with Gasteiger partial charge in [0.2, 0.25) is 6.10 Å². The minimum atomic E-state index is -0.711. The van der Waals surface area contributed by atoms with Crippen LogP contribution in [0, 0.1) is 0 Å². The first-order valence-corrected chi connectivity index (χ1v) is 7.32. The standard InChI is InChI=1S/C16H13N5O3/c22-16(15-9-23-13-6-1-2-7-14(13)24-15)18-11-4-3-5-12(8-11)21-10-17-19-20-21/h1-8,10,15H,9H2,(H,18,22)/t15-/m1/s1. The number of aromatic nitrogens is 4. The lowest BCUT2D eigenvalue weighted by Crippen LogP contribution is -2.40. The summed E-state index contributed by atoms with van der Waals surface area (Å²) in [7, 11) is 0. The molecule has 4 rings (SSSR count). The van der Waals surface area contributed by atoms with Crippen molar-refractivity contribution in [2.24, 2.45) is 0 Å². The van der Waals surface area contributed by atoms with E-state index in [9.17, 15) is 4.79 Å². The monoisotopic (exact) mass is 323 g/mol. The number of nitrogens with one attached hydrogen (secondary N) is 1. The fourth-order valence-corrected chi connectivity index (χ4v) is 2.38. The lowest BCUT2D eigenvalue weighted by molar-refractivity contribution is -0.125. The van der Waals surface area contributed by atoms with E-state index in [4.69, 9.17) is 9.47 Å². The van der Waals surface area contributed by atoms with Crippen LogP contribution in [-0.2, 0) is 4.79 Å². The molecule has 1 amide bonds. The molecule has 0 radical (unpaired) electrons. The number of fused-ring (bicyclic) bond motifs is 1. The van der Waals surface area contributed by atoms with Crippen molar-refractivity contribution >= 4 is 11.6 Å². The van der Waals surface area contributed by atoms with Gasteiger partial charge in [-0.3, -0.25) is 4.79 Å². The highest BCUT2D eigenvalue weighted by molar-refractivity contribution is 5.95. The largest absolute Gasteiger partial charge is 0.485 e. The van der Waals surface area contributed by atoms with Crippen LogP contribution in [0.4, 0.5) is 5.69 Å². The van der Waals surface area contributed by atoms with Gasteiger partial charge in [0.05, 0.1) is 5.69 Å². The first kappa shape index (κ1) is 14.2. The van der Waals surface area contributed by atoms with Gasteiger partial charge >= 0.3 is 0 Å². The van der Waals surface area contributed by atoms with Gasteiger partial charge in [0.25, 0.3) is 5.91 Å². The van der Waals surface area contributed by atoms with Crippen molar-refractivity contribution in [3.8, 4) is 17.2 Å². The van der Waals surface area contributed by atoms with E-state index in [0.717, 1.165) is 5.69 Å². The zero-order chi connectivity index (χ0) is 16.4. The number of ether oxygens (including phenoxy) is 2. The third kappa shape index (κ3) is 2.76. The third-order valence-electron chi connectivity index (χ3n) is 3.53. The molecule has 24 heavy (non-hydrogen) atoms. The quantitative estimate of drug-likeness (QED) is 0.784. The molecule has 2 heterocycles. The molecule has 3 aromatic rings. The highest BCUT2D eigenvalue weighted by Crippen LogP contribution is 2.31. The fourth-order valence-electron chi connectivity index (χ4n) is 2.38. The number of carbonyl (C=O) groups excluding carboxylic acids is 1. The van der Waals surface area contributed by atoms with Gasteiger partial charge in [0.1, 0.15) is 12.9 Å². The van der Waals surface area contributed by atoms with E-state index in [1.807, 2.05) is 18.2 Å². The van der Waals surface area contributed by atoms with Crippen molar-refractivity contribution in [3.05, 3.63) is 54.9 Å². The molecule has 1 N–H and O–H groups in total. The average Bonchev–Trinajstić information content (AvgIpc) is 3.16. The Kier molecular flexibility index (Phi) is 3.54. The van der Waals surface area contributed by atoms with Gasteiger partial charge in [-0.1, -0.05) is 18.2 Å². The topological polar surface area (TPSA) is 91.2 Å². The summed E-state index contributed by atoms with van der Waals surface area (Å²) in [5.74, 6) is 0.923. The number of anilines is 1. The Balaban J connectivity index is 1.48. The van der Waals surface area contributed by atoms with Gasteiger partial charge in [0.15, 0.2) is 11.5 Å². The van der Waals surface area contributed by atoms with Gasteiger partial charge in [-0.2, -0.15) is 0 Å². The minimum Gasteiger partial charge on any atom is -0.485 e. The summed E-state index contributed by atoms with van der Waals surface area (Å²) in [6.45, 7) is 0.162. The van der Waals surface area contributed by atoms with E-state index in [0.29, 0.717) is 17.2 Å². The molecule has 2 aromatic carbocycles. The smallest absolute Gasteiger partial charge is 0.269 e. The molecular weight excluding hydrogens is 310 g/mol. The highest BCUT2D eigenvalue weighted by Gasteiger charge is 2.27. The number of nitrogens with zero attached hydrogens (tertiary/aromatic N) is 4. The summed E-state index contributed by atoms with van der Waals surface area (Å²) in [5, 5.41) is 13.8. The predicted octanol–water partition coefficient (Wildman–Crippen LogP) is 1.44. The molecule has 1 aliphatic heterocycles. The van der Waals surface area contributed by atoms with Crippen molar-refractivity contribution < 1.29 is 14.3 Å². The van der Waals surface area contributed by atoms with Crippen molar-refractivity contribution in [2.75, 3.05) is 11.9 Å². The van der Waals surface area contributed by atoms with Crippen LogP contribution in [-0.4, -0.2) is 38.8 Å². The number of para-hydroxylation sites is 2. The maximum atomic E-state index is 12.4. The van der Waals surface area contributed by atoms with E-state index < -0.39 is 6.10 Å². The molecule has 0 spiro atoms. The summed E-state index contributed by atoms with van der Waals surface area (Å²) < 4.78 is 12.8. The van der Waals surface area contributed by atoms with E-state index in [1.54, 1.807) is 30.3 Å². The summed E-state index contributed by atoms with van der Waals surface area (Å²) >= 11 is 0. The minimum absolute atomic E-state index is 0.162. The molecule has 0 bridgehead atoms. The Morgan fingerprint density at radius 1 is 1.17 bits per heavy atom. The number of hydrogen-bond acceptors (Lipinski definition) is 6. The van der Waals surface area contributed by atoms with Crippen molar-refractivity contribution in [2.45, 2.75) is 6.10 Å². The van der Waals surface area contributed by atoms with Crippen LogP contribution >= 0.6 is 0 Å². The lowest BCUT2D eigenvalue weighted by Gasteiger charge is -2.25. The normalized spacial score (nSPS) is 15.8. The van der Waals surface area contributed by atoms with Gasteiger partial charge in [0, 0.05) is 5.69 Å². The van der Waals surface area contributed by atoms with Crippen molar-refractivity contribution in [1.82, 2.24) is 20.2 Å². The third-order valence-corrected chi connectivity index (χ3v) is 3.53. The number of hydrogen-bond donors (Lipinski definition) is 1. The molecule has 1 aliphatic rings. The van der Waals surface area contributed by atoms with Crippen LogP contribution in [0.25, 0.3) is 5.69 Å². The molecule has 0 aliphatic carbocycles. The second kappa shape index (κ2) is 5.99. The number of carbonyl (C=O) groups is 1. The van der Waals surface area contributed by atoms with Crippen LogP contribution in [0.1, 0.15) is 0 Å². The Bertz CT molecular complexity index is 866. The molecule has 0 fully saturated rings. The van der Waals surface area contributed by atoms with E-state index >= 15 is 0 Å². The van der Waals surface area contributed by atoms with Gasteiger partial charge in [-0.25, -0.2) is 4.68 Å². The van der Waals surface area contributed by atoms with Gasteiger partial charge in [-0.05, 0) is 40.8 Å². The summed E-state index contributed by atoms with van der Waals surface area (Å²) in [6.07, 6.45) is 0.771. The van der Waals surface area contributed by atoms with E-state index in [2.05, 4.69) is 20.8 Å². The van der Waals surface area contributed by atoms with Crippen LogP contribution in [0.15, 0.2) is 54.9 Å². The van der Waals surface area contributed by atoms with Crippen LogP contribution in [0.2, 0.25) is 0 Å². The Hall–Kier alpha value is -3.42. The van der Waals surface area contributed by atoms with Crippen LogP contribution in [0.3, 0.4) is 0 Å². The molecule has 0 unspecified atom stereocenters. The second-order valence-electron chi connectivity index (χ2n) is 5.16. The summed E-state index contributed by atoms with van der Waals surface area (Å²) in [6, 6.07) is 14.5. The highest BCUT2D eigenvalue weighted by atomic mass is 16.6. The van der Waals surface area contributed by atoms with Gasteiger partial charge in [-0.15, -0.1) is 5.10 Å². The maximum Gasteiger partial charge on any atom is 0.269 e. The SMILES string of the molecule is O=C(Nc1cccc(-n2cnnn2)c1)[C@H]1COc2ccccc2O1.